The molecule has 0 radical (unpaired) electrons. The Bertz CT molecular complexity index is 413. The number of thioether (sulfide) groups is 1. The van der Waals surface area contributed by atoms with E-state index in [1.54, 1.807) is 24.3 Å². The molecule has 0 amide bonds. The zero-order valence-electron chi connectivity index (χ0n) is 11.3. The minimum Gasteiger partial charge on any atom is -0.490 e. The maximum Gasteiger partial charge on any atom is 0.398 e. The summed E-state index contributed by atoms with van der Waals surface area (Å²) >= 11 is 0.795. The topological polar surface area (TPSA) is 12.5 Å². The van der Waals surface area contributed by atoms with E-state index in [4.69, 9.17) is 4.74 Å². The molecule has 1 aliphatic heterocycles. The highest BCUT2D eigenvalue weighted by Gasteiger charge is 2.27. The molecule has 1 aromatic rings. The largest absolute Gasteiger partial charge is 0.490 e. The Balaban J connectivity index is 1.82. The number of alkyl halides is 3. The van der Waals surface area contributed by atoms with Crippen molar-refractivity contribution in [2.24, 2.45) is 0 Å². The summed E-state index contributed by atoms with van der Waals surface area (Å²) in [5.41, 5.74) is 0. The van der Waals surface area contributed by atoms with E-state index in [9.17, 15) is 13.2 Å². The number of hydrogen-bond donors (Lipinski definition) is 0. The van der Waals surface area contributed by atoms with Gasteiger partial charge in [-0.25, -0.2) is 0 Å². The van der Waals surface area contributed by atoms with E-state index in [-0.39, 0.29) is 6.10 Å². The highest BCUT2D eigenvalue weighted by Crippen LogP contribution is 2.29. The maximum absolute atomic E-state index is 12.1. The van der Waals surface area contributed by atoms with Gasteiger partial charge in [0.25, 0.3) is 0 Å². The van der Waals surface area contributed by atoms with Gasteiger partial charge in [-0.15, -0.1) is 11.8 Å². The van der Waals surface area contributed by atoms with Crippen molar-refractivity contribution in [2.45, 2.75) is 30.0 Å². The average Bonchev–Trinajstić information content (AvgIpc) is 2.40. The van der Waals surface area contributed by atoms with Crippen molar-refractivity contribution in [1.29, 1.82) is 0 Å². The van der Waals surface area contributed by atoms with Gasteiger partial charge in [-0.3, -0.25) is 0 Å². The van der Waals surface area contributed by atoms with Crippen LogP contribution in [0.2, 0.25) is 0 Å². The molecular formula is C14H18F3NOS. The van der Waals surface area contributed by atoms with Crippen molar-refractivity contribution in [3.8, 4) is 5.75 Å². The lowest BCUT2D eigenvalue weighted by molar-refractivity contribution is -0.105. The standard InChI is InChI=1S/C14H18F3NOS/c1-18-8-6-12(7-9-18)19-11-2-4-13(5-3-11)20-10-14(15,16)17/h2-5,12H,6-10H2,1H3. The number of nitrogens with zero attached hydrogens (tertiary/aromatic N) is 1. The molecule has 1 fully saturated rings. The highest BCUT2D eigenvalue weighted by molar-refractivity contribution is 7.99. The highest BCUT2D eigenvalue weighted by atomic mass is 32.2. The number of hydrogen-bond acceptors (Lipinski definition) is 3. The molecule has 0 aromatic heterocycles. The second-order valence-electron chi connectivity index (χ2n) is 5.00. The number of halogens is 3. The summed E-state index contributed by atoms with van der Waals surface area (Å²) in [5.74, 6) is -0.127. The molecule has 0 spiro atoms. The molecule has 2 nitrogen and oxygen atoms in total. The number of piperidine rings is 1. The number of rotatable bonds is 4. The first-order valence-corrected chi connectivity index (χ1v) is 7.56. The van der Waals surface area contributed by atoms with Gasteiger partial charge in [0.15, 0.2) is 0 Å². The molecule has 1 aliphatic rings. The summed E-state index contributed by atoms with van der Waals surface area (Å²) in [4.78, 5) is 2.87. The molecule has 112 valence electrons. The normalized spacial score (nSPS) is 18.2. The van der Waals surface area contributed by atoms with Crippen molar-refractivity contribution in [1.82, 2.24) is 4.90 Å². The van der Waals surface area contributed by atoms with E-state index >= 15 is 0 Å². The third kappa shape index (κ3) is 5.25. The summed E-state index contributed by atoms with van der Waals surface area (Å²) in [6.45, 7) is 2.04. The second kappa shape index (κ2) is 6.72. The molecule has 6 heteroatoms. The van der Waals surface area contributed by atoms with Crippen molar-refractivity contribution in [2.75, 3.05) is 25.9 Å². The lowest BCUT2D eigenvalue weighted by atomic mass is 10.1. The molecule has 1 heterocycles. The fourth-order valence-corrected chi connectivity index (χ4v) is 2.73. The van der Waals surface area contributed by atoms with Crippen LogP contribution in [-0.4, -0.2) is 43.1 Å². The van der Waals surface area contributed by atoms with Gasteiger partial charge in [-0.05, 0) is 44.2 Å². The number of ether oxygens (including phenoxy) is 1. The summed E-state index contributed by atoms with van der Waals surface area (Å²) in [5, 5.41) is 0. The van der Waals surface area contributed by atoms with Crippen LogP contribution in [0, 0.1) is 0 Å². The van der Waals surface area contributed by atoms with E-state index in [0.717, 1.165) is 43.4 Å². The van der Waals surface area contributed by atoms with Crippen molar-refractivity contribution >= 4 is 11.8 Å². The summed E-state index contributed by atoms with van der Waals surface area (Å²) in [6.07, 6.45) is -1.95. The molecule has 0 N–H and O–H groups in total. The first-order valence-electron chi connectivity index (χ1n) is 6.57. The Morgan fingerprint density at radius 2 is 1.80 bits per heavy atom. The van der Waals surface area contributed by atoms with Crippen LogP contribution in [0.3, 0.4) is 0 Å². The van der Waals surface area contributed by atoms with Crippen molar-refractivity contribution < 1.29 is 17.9 Å². The third-order valence-electron chi connectivity index (χ3n) is 3.19. The van der Waals surface area contributed by atoms with E-state index in [1.807, 2.05) is 0 Å². The van der Waals surface area contributed by atoms with Gasteiger partial charge in [-0.2, -0.15) is 13.2 Å². The average molecular weight is 305 g/mol. The van der Waals surface area contributed by atoms with E-state index < -0.39 is 11.9 Å². The molecule has 1 saturated heterocycles. The summed E-state index contributed by atoms with van der Waals surface area (Å²) in [7, 11) is 2.09. The zero-order chi connectivity index (χ0) is 14.6. The minimum atomic E-state index is -4.13. The predicted molar refractivity (Wildman–Crippen MR) is 74.4 cm³/mol. The van der Waals surface area contributed by atoms with Crippen LogP contribution < -0.4 is 4.74 Å². The van der Waals surface area contributed by atoms with Gasteiger partial charge in [0.2, 0.25) is 0 Å². The lowest BCUT2D eigenvalue weighted by Crippen LogP contribution is -2.35. The fraction of sp³-hybridized carbons (Fsp3) is 0.571. The Kier molecular flexibility index (Phi) is 5.21. The second-order valence-corrected chi connectivity index (χ2v) is 6.04. The Morgan fingerprint density at radius 1 is 1.20 bits per heavy atom. The van der Waals surface area contributed by atoms with Crippen molar-refractivity contribution in [3.05, 3.63) is 24.3 Å². The number of likely N-dealkylation sites (tertiary alicyclic amines) is 1. The van der Waals surface area contributed by atoms with Gasteiger partial charge in [0.05, 0.1) is 5.75 Å². The monoisotopic (exact) mass is 305 g/mol. The third-order valence-corrected chi connectivity index (χ3v) is 4.27. The molecule has 20 heavy (non-hydrogen) atoms. The predicted octanol–water partition coefficient (Wildman–Crippen LogP) is 3.81. The number of benzene rings is 1. The molecule has 0 saturated carbocycles. The van der Waals surface area contributed by atoms with E-state index in [0.29, 0.717) is 4.90 Å². The Morgan fingerprint density at radius 3 is 2.35 bits per heavy atom. The SMILES string of the molecule is CN1CCC(Oc2ccc(SCC(F)(F)F)cc2)CC1. The van der Waals surface area contributed by atoms with Crippen LogP contribution in [0.1, 0.15) is 12.8 Å². The quantitative estimate of drug-likeness (QED) is 0.785. The van der Waals surface area contributed by atoms with Crippen LogP contribution >= 0.6 is 11.8 Å². The zero-order valence-corrected chi connectivity index (χ0v) is 12.1. The molecule has 0 bridgehead atoms. The van der Waals surface area contributed by atoms with Crippen LogP contribution in [0.5, 0.6) is 5.75 Å². The first kappa shape index (κ1) is 15.5. The van der Waals surface area contributed by atoms with Gasteiger partial charge in [0.1, 0.15) is 11.9 Å². The van der Waals surface area contributed by atoms with Gasteiger partial charge < -0.3 is 9.64 Å². The summed E-state index contributed by atoms with van der Waals surface area (Å²) in [6, 6.07) is 6.86. The maximum atomic E-state index is 12.1. The van der Waals surface area contributed by atoms with E-state index in [1.165, 1.54) is 0 Å². The molecule has 0 atom stereocenters. The fourth-order valence-electron chi connectivity index (χ4n) is 2.07. The smallest absolute Gasteiger partial charge is 0.398 e. The van der Waals surface area contributed by atoms with Gasteiger partial charge >= 0.3 is 6.18 Å². The molecule has 1 aromatic carbocycles. The van der Waals surface area contributed by atoms with Gasteiger partial charge in [-0.1, -0.05) is 0 Å². The molecule has 2 rings (SSSR count). The Labute approximate surface area is 121 Å². The van der Waals surface area contributed by atoms with Gasteiger partial charge in [0, 0.05) is 18.0 Å². The van der Waals surface area contributed by atoms with Crippen LogP contribution in [-0.2, 0) is 0 Å². The van der Waals surface area contributed by atoms with Crippen molar-refractivity contribution in [3.63, 3.8) is 0 Å². The molecule has 0 aliphatic carbocycles. The Hall–Kier alpha value is -0.880. The molecular weight excluding hydrogens is 287 g/mol. The van der Waals surface area contributed by atoms with Crippen LogP contribution in [0.4, 0.5) is 13.2 Å². The summed E-state index contributed by atoms with van der Waals surface area (Å²) < 4.78 is 42.2. The minimum absolute atomic E-state index is 0.208. The lowest BCUT2D eigenvalue weighted by Gasteiger charge is -2.29. The van der Waals surface area contributed by atoms with Crippen LogP contribution in [0.25, 0.3) is 0 Å². The van der Waals surface area contributed by atoms with Crippen LogP contribution in [0.15, 0.2) is 29.2 Å². The van der Waals surface area contributed by atoms with E-state index in [2.05, 4.69) is 11.9 Å². The molecule has 0 unspecified atom stereocenters. The first-order chi connectivity index (χ1) is 9.42.